The van der Waals surface area contributed by atoms with Gasteiger partial charge in [-0.05, 0) is 35.1 Å². The molecule has 0 spiro atoms. The summed E-state index contributed by atoms with van der Waals surface area (Å²) >= 11 is 0. The van der Waals surface area contributed by atoms with Gasteiger partial charge in [0.15, 0.2) is 0 Å². The van der Waals surface area contributed by atoms with Crippen LogP contribution >= 0.6 is 0 Å². The van der Waals surface area contributed by atoms with Gasteiger partial charge in [0.05, 0.1) is 0 Å². The molecule has 0 nitrogen and oxygen atoms in total. The van der Waals surface area contributed by atoms with Crippen molar-refractivity contribution in [3.63, 3.8) is 0 Å². The van der Waals surface area contributed by atoms with Crippen LogP contribution in [0.25, 0.3) is 0 Å². The molecule has 0 aliphatic heterocycles. The van der Waals surface area contributed by atoms with Crippen LogP contribution in [-0.2, 0) is 0 Å². The molecule has 4 rings (SSSR count). The molecular formula is C20H18. The molecule has 98 valence electrons. The van der Waals surface area contributed by atoms with Crippen molar-refractivity contribution >= 4 is 0 Å². The van der Waals surface area contributed by atoms with Crippen molar-refractivity contribution in [2.24, 2.45) is 11.8 Å². The fraction of sp³-hybridized carbons (Fsp3) is 0.200. The zero-order chi connectivity index (χ0) is 13.4. The average molecular weight is 258 g/mol. The first-order chi connectivity index (χ1) is 9.92. The second kappa shape index (κ2) is 4.79. The molecule has 0 radical (unpaired) electrons. The fourth-order valence-electron chi connectivity index (χ4n) is 3.45. The van der Waals surface area contributed by atoms with Crippen LogP contribution in [0.4, 0.5) is 0 Å². The van der Waals surface area contributed by atoms with Gasteiger partial charge >= 0.3 is 0 Å². The van der Waals surface area contributed by atoms with Crippen molar-refractivity contribution in [2.75, 3.05) is 0 Å². The Hall–Kier alpha value is -2.08. The molecule has 0 bridgehead atoms. The second-order valence-corrected chi connectivity index (χ2v) is 5.72. The van der Waals surface area contributed by atoms with E-state index in [1.54, 1.807) is 0 Å². The van der Waals surface area contributed by atoms with E-state index in [1.165, 1.54) is 22.3 Å². The van der Waals surface area contributed by atoms with Crippen LogP contribution in [0.5, 0.6) is 0 Å². The number of hydrogen-bond donors (Lipinski definition) is 0. The van der Waals surface area contributed by atoms with E-state index in [0.717, 1.165) is 12.8 Å². The van der Waals surface area contributed by atoms with Crippen LogP contribution in [0.3, 0.4) is 0 Å². The highest BCUT2D eigenvalue weighted by Gasteiger charge is 2.20. The maximum Gasteiger partial charge on any atom is 0.0207 e. The summed E-state index contributed by atoms with van der Waals surface area (Å²) in [5.41, 5.74) is 6.01. The molecule has 0 amide bonds. The van der Waals surface area contributed by atoms with Crippen LogP contribution < -0.4 is 0 Å². The molecule has 0 aromatic carbocycles. The summed E-state index contributed by atoms with van der Waals surface area (Å²) in [6.45, 7) is 0. The standard InChI is InChI=1S/C20H18/c1-3-7-19-15(5-1)9-11-17(19)13-14-18-12-10-16-6-2-4-8-20(16)18/h1-12,15-16H,13-14H2. The molecule has 0 N–H and O–H groups in total. The van der Waals surface area contributed by atoms with Gasteiger partial charge in [-0.25, -0.2) is 0 Å². The molecule has 0 heteroatoms. The molecule has 0 saturated carbocycles. The van der Waals surface area contributed by atoms with Crippen molar-refractivity contribution in [1.82, 2.24) is 0 Å². The van der Waals surface area contributed by atoms with Gasteiger partial charge in [-0.3, -0.25) is 0 Å². The van der Waals surface area contributed by atoms with Crippen molar-refractivity contribution < 1.29 is 0 Å². The molecule has 20 heavy (non-hydrogen) atoms. The van der Waals surface area contributed by atoms with Gasteiger partial charge in [0.2, 0.25) is 0 Å². The lowest BCUT2D eigenvalue weighted by molar-refractivity contribution is 0.920. The van der Waals surface area contributed by atoms with Gasteiger partial charge in [-0.2, -0.15) is 0 Å². The van der Waals surface area contributed by atoms with Gasteiger partial charge in [0.1, 0.15) is 0 Å². The van der Waals surface area contributed by atoms with Crippen LogP contribution in [0, 0.1) is 11.8 Å². The van der Waals surface area contributed by atoms with Crippen LogP contribution in [0.15, 0.2) is 95.2 Å². The quantitative estimate of drug-likeness (QED) is 0.669. The fourth-order valence-corrected chi connectivity index (χ4v) is 3.45. The van der Waals surface area contributed by atoms with E-state index in [9.17, 15) is 0 Å². The summed E-state index contributed by atoms with van der Waals surface area (Å²) < 4.78 is 0. The average Bonchev–Trinajstić information content (AvgIpc) is 3.09. The minimum Gasteiger partial charge on any atom is -0.0732 e. The Morgan fingerprint density at radius 1 is 0.550 bits per heavy atom. The Kier molecular flexibility index (Phi) is 2.81. The van der Waals surface area contributed by atoms with Crippen LogP contribution in [0.2, 0.25) is 0 Å². The monoisotopic (exact) mass is 258 g/mol. The van der Waals surface area contributed by atoms with Gasteiger partial charge < -0.3 is 0 Å². The highest BCUT2D eigenvalue weighted by atomic mass is 14.2. The first kappa shape index (κ1) is 11.7. The number of rotatable bonds is 3. The predicted molar refractivity (Wildman–Crippen MR) is 85.1 cm³/mol. The van der Waals surface area contributed by atoms with Gasteiger partial charge in [0.25, 0.3) is 0 Å². The Labute approximate surface area is 120 Å². The second-order valence-electron chi connectivity index (χ2n) is 5.72. The summed E-state index contributed by atoms with van der Waals surface area (Å²) in [6.07, 6.45) is 29.3. The lowest BCUT2D eigenvalue weighted by Crippen LogP contribution is -1.98. The van der Waals surface area contributed by atoms with Crippen molar-refractivity contribution in [3.8, 4) is 0 Å². The Morgan fingerprint density at radius 3 is 1.55 bits per heavy atom. The van der Waals surface area contributed by atoms with Crippen molar-refractivity contribution in [3.05, 3.63) is 95.2 Å². The first-order valence-corrected chi connectivity index (χ1v) is 7.44. The summed E-state index contributed by atoms with van der Waals surface area (Å²) in [5, 5.41) is 0. The van der Waals surface area contributed by atoms with Crippen molar-refractivity contribution in [1.29, 1.82) is 0 Å². The summed E-state index contributed by atoms with van der Waals surface area (Å²) in [4.78, 5) is 0. The number of allylic oxidation sites excluding steroid dienone is 16. The van der Waals surface area contributed by atoms with E-state index in [4.69, 9.17) is 0 Å². The summed E-state index contributed by atoms with van der Waals surface area (Å²) in [7, 11) is 0. The van der Waals surface area contributed by atoms with Crippen molar-refractivity contribution in [2.45, 2.75) is 12.8 Å². The third-order valence-electron chi connectivity index (χ3n) is 4.54. The third kappa shape index (κ3) is 1.92. The van der Waals surface area contributed by atoms with Crippen LogP contribution in [0.1, 0.15) is 12.8 Å². The van der Waals surface area contributed by atoms with E-state index in [1.807, 2.05) is 0 Å². The molecule has 4 aliphatic carbocycles. The lowest BCUT2D eigenvalue weighted by atomic mass is 9.92. The largest absolute Gasteiger partial charge is 0.0732 e. The Morgan fingerprint density at radius 2 is 1.05 bits per heavy atom. The van der Waals surface area contributed by atoms with E-state index in [-0.39, 0.29) is 0 Å². The molecule has 2 unspecified atom stereocenters. The number of hydrogen-bond acceptors (Lipinski definition) is 0. The highest BCUT2D eigenvalue weighted by Crippen LogP contribution is 2.36. The molecule has 0 aromatic heterocycles. The topological polar surface area (TPSA) is 0 Å². The molecule has 0 aromatic rings. The minimum atomic E-state index is 0.525. The van der Waals surface area contributed by atoms with Gasteiger partial charge in [0, 0.05) is 11.8 Å². The molecule has 0 heterocycles. The summed E-state index contributed by atoms with van der Waals surface area (Å²) in [5.74, 6) is 1.05. The SMILES string of the molecule is C1=CC2=C(CCC3=C4C=CC=CC4C=C3)C=CC2C=C1. The van der Waals surface area contributed by atoms with E-state index in [0.29, 0.717) is 11.8 Å². The lowest BCUT2D eigenvalue weighted by Gasteiger charge is -2.13. The summed E-state index contributed by atoms with van der Waals surface area (Å²) in [6, 6.07) is 0. The Bertz CT molecular complexity index is 609. The Balaban J connectivity index is 1.52. The minimum absolute atomic E-state index is 0.525. The van der Waals surface area contributed by atoms with E-state index in [2.05, 4.69) is 72.9 Å². The number of fused-ring (bicyclic) bond motifs is 2. The maximum atomic E-state index is 2.32. The molecule has 2 atom stereocenters. The molecule has 4 aliphatic rings. The normalized spacial score (nSPS) is 28.8. The smallest absolute Gasteiger partial charge is 0.0207 e. The molecule has 0 saturated heterocycles. The van der Waals surface area contributed by atoms with E-state index >= 15 is 0 Å². The van der Waals surface area contributed by atoms with Gasteiger partial charge in [-0.15, -0.1) is 0 Å². The van der Waals surface area contributed by atoms with E-state index < -0.39 is 0 Å². The van der Waals surface area contributed by atoms with Gasteiger partial charge in [-0.1, -0.05) is 72.9 Å². The van der Waals surface area contributed by atoms with Crippen LogP contribution in [-0.4, -0.2) is 0 Å². The predicted octanol–water partition coefficient (Wildman–Crippen LogP) is 4.98. The molecule has 0 fully saturated rings. The third-order valence-corrected chi connectivity index (χ3v) is 4.54. The first-order valence-electron chi connectivity index (χ1n) is 7.44. The zero-order valence-corrected chi connectivity index (χ0v) is 11.5. The zero-order valence-electron chi connectivity index (χ0n) is 11.5. The maximum absolute atomic E-state index is 2.32. The highest BCUT2D eigenvalue weighted by molar-refractivity contribution is 5.51. The molecular weight excluding hydrogens is 240 g/mol.